The first-order chi connectivity index (χ1) is 15.9. The van der Waals surface area contributed by atoms with Gasteiger partial charge < -0.3 is 14.4 Å². The summed E-state index contributed by atoms with van der Waals surface area (Å²) in [6.07, 6.45) is 4.13. The molecule has 10 nitrogen and oxygen atoms in total. The Balaban J connectivity index is 0.00000149. The van der Waals surface area contributed by atoms with Crippen LogP contribution in [0.3, 0.4) is 0 Å². The molecule has 0 saturated carbocycles. The third kappa shape index (κ3) is 5.86. The van der Waals surface area contributed by atoms with E-state index in [9.17, 15) is 8.42 Å². The smallest absolute Gasteiger partial charge is 0.274 e. The summed E-state index contributed by atoms with van der Waals surface area (Å²) in [6.45, 7) is 5.81. The van der Waals surface area contributed by atoms with Crippen LogP contribution in [0.5, 0.6) is 11.5 Å². The Morgan fingerprint density at radius 2 is 1.85 bits per heavy atom. The topological polar surface area (TPSA) is 133 Å². The second-order valence-corrected chi connectivity index (χ2v) is 8.71. The minimum absolute atomic E-state index is 0.313. The lowest BCUT2D eigenvalue weighted by Gasteiger charge is -2.41. The van der Waals surface area contributed by atoms with Gasteiger partial charge in [0.1, 0.15) is 5.82 Å². The highest BCUT2D eigenvalue weighted by atomic mass is 32.2. The van der Waals surface area contributed by atoms with Gasteiger partial charge in [-0.25, -0.2) is 19.8 Å². The molecule has 3 N–H and O–H groups in total. The summed E-state index contributed by atoms with van der Waals surface area (Å²) in [5.41, 5.74) is 1.55. The summed E-state index contributed by atoms with van der Waals surface area (Å²) in [5, 5.41) is 5.84. The third-order valence-electron chi connectivity index (χ3n) is 5.21. The molecule has 1 aromatic carbocycles. The van der Waals surface area contributed by atoms with Gasteiger partial charge >= 0.3 is 0 Å². The van der Waals surface area contributed by atoms with Crippen LogP contribution in [0.2, 0.25) is 0 Å². The average molecular weight is 475 g/mol. The molecule has 1 aliphatic rings. The van der Waals surface area contributed by atoms with E-state index >= 15 is 0 Å². The Hall–Kier alpha value is -3.02. The highest BCUT2D eigenvalue weighted by Crippen LogP contribution is 2.38. The molecule has 0 unspecified atom stereocenters. The molecule has 1 fully saturated rings. The van der Waals surface area contributed by atoms with E-state index in [0.29, 0.717) is 36.2 Å². The molecule has 0 radical (unpaired) electrons. The van der Waals surface area contributed by atoms with Crippen LogP contribution in [0.4, 0.5) is 5.82 Å². The van der Waals surface area contributed by atoms with Crippen molar-refractivity contribution < 1.29 is 17.9 Å². The number of rotatable bonds is 8. The number of methoxy groups -OCH3 is 2. The zero-order chi connectivity index (χ0) is 24.0. The van der Waals surface area contributed by atoms with E-state index in [1.807, 2.05) is 38.1 Å². The van der Waals surface area contributed by atoms with Gasteiger partial charge in [0.05, 0.1) is 19.7 Å². The number of nitrogens with two attached hydrogens (primary N) is 1. The Labute approximate surface area is 194 Å². The predicted octanol–water partition coefficient (Wildman–Crippen LogP) is 2.35. The number of nitrogens with one attached hydrogen (secondary N) is 1. The van der Waals surface area contributed by atoms with Crippen molar-refractivity contribution in [2.45, 2.75) is 20.3 Å². The molecule has 4 rings (SSSR count). The molecule has 0 amide bonds. The van der Waals surface area contributed by atoms with Gasteiger partial charge in [0.15, 0.2) is 17.3 Å². The van der Waals surface area contributed by atoms with E-state index in [0.717, 1.165) is 35.4 Å². The molecule has 1 saturated heterocycles. The minimum atomic E-state index is -3.66. The summed E-state index contributed by atoms with van der Waals surface area (Å²) in [5.74, 6) is 2.89. The van der Waals surface area contributed by atoms with E-state index in [4.69, 9.17) is 24.6 Å². The van der Waals surface area contributed by atoms with Crippen molar-refractivity contribution in [3.05, 3.63) is 36.7 Å². The largest absolute Gasteiger partial charge is 0.493 e. The molecular weight excluding hydrogens is 444 g/mol. The Morgan fingerprint density at radius 1 is 1.15 bits per heavy atom. The van der Waals surface area contributed by atoms with Crippen molar-refractivity contribution in [2.24, 2.45) is 11.1 Å². The number of hydrogen-bond acceptors (Lipinski definition) is 8. The quantitative estimate of drug-likeness (QED) is 0.508. The number of ether oxygens (including phenoxy) is 2. The van der Waals surface area contributed by atoms with E-state index in [1.54, 1.807) is 26.6 Å². The van der Waals surface area contributed by atoms with Gasteiger partial charge in [0, 0.05) is 49.0 Å². The number of aromatic nitrogens is 3. The van der Waals surface area contributed by atoms with Crippen molar-refractivity contribution in [2.75, 3.05) is 38.8 Å². The van der Waals surface area contributed by atoms with Crippen LogP contribution in [0, 0.1) is 5.92 Å². The number of nitrogens with zero attached hydrogens (tertiary/aromatic N) is 4. The van der Waals surface area contributed by atoms with Gasteiger partial charge in [-0.15, -0.1) is 0 Å². The average Bonchev–Trinajstić information content (AvgIpc) is 2.80. The van der Waals surface area contributed by atoms with Crippen LogP contribution in [0.25, 0.3) is 22.3 Å². The van der Waals surface area contributed by atoms with Gasteiger partial charge in [-0.05, 0) is 30.5 Å². The zero-order valence-electron chi connectivity index (χ0n) is 19.3. The minimum Gasteiger partial charge on any atom is -0.493 e. The first-order valence-corrected chi connectivity index (χ1v) is 12.3. The summed E-state index contributed by atoms with van der Waals surface area (Å²) in [4.78, 5) is 15.9. The zero-order valence-corrected chi connectivity index (χ0v) is 20.1. The van der Waals surface area contributed by atoms with Crippen molar-refractivity contribution in [3.8, 4) is 22.9 Å². The van der Waals surface area contributed by atoms with Gasteiger partial charge in [-0.3, -0.25) is 4.98 Å². The summed E-state index contributed by atoms with van der Waals surface area (Å²) in [6, 6.07) is 7.48. The summed E-state index contributed by atoms with van der Waals surface area (Å²) >= 11 is 0. The van der Waals surface area contributed by atoms with Gasteiger partial charge in [-0.2, -0.15) is 8.42 Å². The van der Waals surface area contributed by atoms with Crippen LogP contribution in [-0.2, 0) is 10.2 Å². The number of pyridine rings is 1. The lowest BCUT2D eigenvalue weighted by Crippen LogP contribution is -2.48. The SMILES string of the molecule is CC.COc1cc2nc(-c3cccnc3)nc(N3CC(CCNS(N)(=O)=O)C3)c2cc1OC. The number of benzene rings is 1. The van der Waals surface area contributed by atoms with Crippen LogP contribution in [0.15, 0.2) is 36.7 Å². The Kier molecular flexibility index (Phi) is 8.01. The third-order valence-corrected chi connectivity index (χ3v) is 5.82. The molecule has 1 aliphatic heterocycles. The van der Waals surface area contributed by atoms with Gasteiger partial charge in [0.2, 0.25) is 0 Å². The highest BCUT2D eigenvalue weighted by Gasteiger charge is 2.30. The first-order valence-electron chi connectivity index (χ1n) is 10.7. The molecule has 11 heteroatoms. The molecular formula is C22H30N6O4S. The number of anilines is 1. The number of hydrogen-bond donors (Lipinski definition) is 2. The fourth-order valence-electron chi connectivity index (χ4n) is 3.64. The maximum atomic E-state index is 11.0. The highest BCUT2D eigenvalue weighted by molar-refractivity contribution is 7.87. The summed E-state index contributed by atoms with van der Waals surface area (Å²) < 4.78 is 35.3. The molecule has 0 aliphatic carbocycles. The van der Waals surface area contributed by atoms with Crippen LogP contribution >= 0.6 is 0 Å². The van der Waals surface area contributed by atoms with E-state index in [-0.39, 0.29) is 0 Å². The Morgan fingerprint density at radius 3 is 2.45 bits per heavy atom. The molecule has 3 aromatic rings. The molecule has 33 heavy (non-hydrogen) atoms. The molecule has 2 aromatic heterocycles. The van der Waals surface area contributed by atoms with Crippen molar-refractivity contribution in [3.63, 3.8) is 0 Å². The molecule has 0 bridgehead atoms. The van der Waals surface area contributed by atoms with Crippen LogP contribution < -0.4 is 24.2 Å². The fourth-order valence-corrected chi connectivity index (χ4v) is 4.04. The second kappa shape index (κ2) is 10.7. The standard InChI is InChI=1S/C20H24N6O4S.C2H6/c1-29-17-8-15-16(9-18(17)30-2)24-19(14-4-3-6-22-10-14)25-20(15)26-11-13(12-26)5-7-23-31(21,27)28;1-2/h3-4,6,8-10,13,23H,5,7,11-12H2,1-2H3,(H2,21,27,28);1-2H3. The predicted molar refractivity (Wildman–Crippen MR) is 129 cm³/mol. The van der Waals surface area contributed by atoms with Crippen molar-refractivity contribution in [1.29, 1.82) is 0 Å². The monoisotopic (exact) mass is 474 g/mol. The maximum Gasteiger partial charge on any atom is 0.274 e. The lowest BCUT2D eigenvalue weighted by molar-refractivity contribution is 0.355. The van der Waals surface area contributed by atoms with Crippen LogP contribution in [0.1, 0.15) is 20.3 Å². The maximum absolute atomic E-state index is 11.0. The Bertz CT molecular complexity index is 1180. The van der Waals surface area contributed by atoms with Crippen molar-refractivity contribution in [1.82, 2.24) is 19.7 Å². The van der Waals surface area contributed by atoms with E-state index in [1.165, 1.54) is 0 Å². The first kappa shape index (κ1) is 24.6. The van der Waals surface area contributed by atoms with Gasteiger partial charge in [-0.1, -0.05) is 13.8 Å². The number of fused-ring (bicyclic) bond motifs is 1. The lowest BCUT2D eigenvalue weighted by atomic mass is 9.96. The van der Waals surface area contributed by atoms with Gasteiger partial charge in [0.25, 0.3) is 10.2 Å². The van der Waals surface area contributed by atoms with E-state index < -0.39 is 10.2 Å². The summed E-state index contributed by atoms with van der Waals surface area (Å²) in [7, 11) is -0.489. The van der Waals surface area contributed by atoms with Crippen LogP contribution in [-0.4, -0.2) is 57.2 Å². The van der Waals surface area contributed by atoms with Crippen molar-refractivity contribution >= 4 is 26.9 Å². The second-order valence-electron chi connectivity index (χ2n) is 7.34. The molecule has 0 atom stereocenters. The molecule has 0 spiro atoms. The molecule has 3 heterocycles. The van der Waals surface area contributed by atoms with E-state index in [2.05, 4.69) is 14.6 Å². The fraction of sp³-hybridized carbons (Fsp3) is 0.409. The molecule has 178 valence electrons. The normalized spacial score (nSPS) is 13.8.